The Hall–Kier alpha value is -4.38. The Morgan fingerprint density at radius 3 is 2.20 bits per heavy atom. The van der Waals surface area contributed by atoms with Crippen LogP contribution < -0.4 is 20.9 Å². The molecule has 1 saturated heterocycles. The van der Waals surface area contributed by atoms with Gasteiger partial charge in [-0.1, -0.05) is 19.1 Å². The molecule has 2 aliphatic heterocycles. The van der Waals surface area contributed by atoms with Crippen LogP contribution in [0.3, 0.4) is 0 Å². The number of amides is 4. The van der Waals surface area contributed by atoms with Crippen LogP contribution in [0, 0.1) is 0 Å². The summed E-state index contributed by atoms with van der Waals surface area (Å²) >= 11 is 0. The number of aromatic nitrogens is 2. The lowest BCUT2D eigenvalue weighted by Gasteiger charge is -2.36. The highest BCUT2D eigenvalue weighted by atomic mass is 16.2. The Balaban J connectivity index is 1.26. The molecule has 45 heavy (non-hydrogen) atoms. The van der Waals surface area contributed by atoms with Gasteiger partial charge in [-0.3, -0.25) is 14.3 Å². The van der Waals surface area contributed by atoms with Crippen LogP contribution in [0.2, 0.25) is 0 Å². The first-order valence-corrected chi connectivity index (χ1v) is 15.8. The smallest absolute Gasteiger partial charge is 0.321 e. The number of nitrogens with one attached hydrogen (secondary N) is 3. The Kier molecular flexibility index (Phi) is 9.48. The van der Waals surface area contributed by atoms with Crippen LogP contribution in [-0.4, -0.2) is 83.2 Å². The maximum absolute atomic E-state index is 13.6. The molecule has 4 amide bonds. The fourth-order valence-corrected chi connectivity index (χ4v) is 6.35. The highest BCUT2D eigenvalue weighted by molar-refractivity contribution is 5.95. The average molecular weight is 615 g/mol. The van der Waals surface area contributed by atoms with Gasteiger partial charge in [-0.05, 0) is 69.7 Å². The first-order chi connectivity index (χ1) is 21.4. The lowest BCUT2D eigenvalue weighted by Crippen LogP contribution is -2.56. The van der Waals surface area contributed by atoms with Crippen molar-refractivity contribution in [2.75, 3.05) is 43.9 Å². The number of fused-ring (bicyclic) bond motifs is 1. The van der Waals surface area contributed by atoms with Crippen LogP contribution in [-0.2, 0) is 13.1 Å². The van der Waals surface area contributed by atoms with Gasteiger partial charge in [0.05, 0.1) is 0 Å². The number of nitrogens with zero attached hydrogens (tertiary/aromatic N) is 5. The Morgan fingerprint density at radius 2 is 1.60 bits per heavy atom. The number of anilines is 2. The molecule has 240 valence electrons. The second-order valence-electron chi connectivity index (χ2n) is 13.0. The number of carbonyl (C=O) groups is 3. The van der Waals surface area contributed by atoms with Crippen molar-refractivity contribution < 1.29 is 14.4 Å². The molecule has 1 aromatic heterocycles. The molecule has 2 aromatic carbocycles. The van der Waals surface area contributed by atoms with Gasteiger partial charge in [0.25, 0.3) is 11.8 Å². The minimum atomic E-state index is -0.217. The van der Waals surface area contributed by atoms with Crippen molar-refractivity contribution in [3.05, 3.63) is 76.6 Å². The summed E-state index contributed by atoms with van der Waals surface area (Å²) < 4.78 is 1.99. The van der Waals surface area contributed by atoms with Crippen molar-refractivity contribution in [2.45, 2.75) is 71.8 Å². The molecule has 0 spiro atoms. The molecule has 0 unspecified atom stereocenters. The van der Waals surface area contributed by atoms with Gasteiger partial charge in [-0.25, -0.2) is 4.79 Å². The summed E-state index contributed by atoms with van der Waals surface area (Å²) in [6.45, 7) is 13.5. The zero-order valence-electron chi connectivity index (χ0n) is 27.4. The van der Waals surface area contributed by atoms with E-state index in [0.717, 1.165) is 29.1 Å². The molecule has 0 aliphatic carbocycles. The van der Waals surface area contributed by atoms with E-state index in [9.17, 15) is 14.4 Å². The summed E-state index contributed by atoms with van der Waals surface area (Å²) in [6.07, 6.45) is 0. The molecule has 0 saturated carbocycles. The summed E-state index contributed by atoms with van der Waals surface area (Å²) in [6, 6.07) is 15.7. The van der Waals surface area contributed by atoms with Crippen molar-refractivity contribution in [3.63, 3.8) is 0 Å². The van der Waals surface area contributed by atoms with Crippen molar-refractivity contribution in [1.29, 1.82) is 0 Å². The summed E-state index contributed by atoms with van der Waals surface area (Å²) in [5.41, 5.74) is 5.75. The number of benzene rings is 2. The van der Waals surface area contributed by atoms with Gasteiger partial charge in [-0.2, -0.15) is 5.10 Å². The quantitative estimate of drug-likeness (QED) is 0.363. The number of urea groups is 1. The highest BCUT2D eigenvalue weighted by Gasteiger charge is 2.33. The zero-order valence-corrected chi connectivity index (χ0v) is 27.4. The van der Waals surface area contributed by atoms with Crippen LogP contribution in [0.15, 0.2) is 48.5 Å². The second kappa shape index (κ2) is 13.3. The normalized spacial score (nSPS) is 19.7. The van der Waals surface area contributed by atoms with E-state index < -0.39 is 0 Å². The first kappa shape index (κ1) is 32.0. The summed E-state index contributed by atoms with van der Waals surface area (Å²) in [5.74, 6) is -0.0958. The van der Waals surface area contributed by atoms with Gasteiger partial charge in [0.15, 0.2) is 5.69 Å². The average Bonchev–Trinajstić information content (AvgIpc) is 3.40. The fourth-order valence-electron chi connectivity index (χ4n) is 6.35. The molecular weight excluding hydrogens is 568 g/mol. The van der Waals surface area contributed by atoms with Crippen LogP contribution in [0.1, 0.15) is 84.2 Å². The van der Waals surface area contributed by atoms with E-state index in [4.69, 9.17) is 5.10 Å². The molecule has 5 rings (SSSR count). The maximum Gasteiger partial charge on any atom is 0.321 e. The standard InChI is InChI=1S/C34H46N8O3/c1-21(2)42-31-22(3)17-40(28-14-10-26(11-15-28)33(44)39(6)7)20-29(31)30(38-42)32(43)35-16-25-8-12-27(13-9-25)37-34(45)41-18-23(4)36-24(5)19-41/h8-15,21-24,36H,16-20H2,1-7H3,(H,35,43)(H,37,45)/t22-,23-,24+/m0/s1. The molecule has 3 N–H and O–H groups in total. The molecule has 0 radical (unpaired) electrons. The van der Waals surface area contributed by atoms with Crippen molar-refractivity contribution in [1.82, 2.24) is 30.2 Å². The van der Waals surface area contributed by atoms with Crippen molar-refractivity contribution >= 4 is 29.2 Å². The lowest BCUT2D eigenvalue weighted by molar-refractivity contribution is 0.0827. The number of piperazine rings is 1. The van der Waals surface area contributed by atoms with Gasteiger partial charge in [0.1, 0.15) is 0 Å². The predicted molar refractivity (Wildman–Crippen MR) is 177 cm³/mol. The molecule has 3 atom stereocenters. The summed E-state index contributed by atoms with van der Waals surface area (Å²) in [5, 5.41) is 14.3. The van der Waals surface area contributed by atoms with Crippen molar-refractivity contribution in [3.8, 4) is 0 Å². The predicted octanol–water partition coefficient (Wildman–Crippen LogP) is 4.43. The Bertz CT molecular complexity index is 1520. The third-order valence-electron chi connectivity index (χ3n) is 8.45. The monoisotopic (exact) mass is 614 g/mol. The zero-order chi connectivity index (χ0) is 32.4. The highest BCUT2D eigenvalue weighted by Crippen LogP contribution is 2.35. The third kappa shape index (κ3) is 7.14. The van der Waals surface area contributed by atoms with E-state index in [0.29, 0.717) is 43.1 Å². The van der Waals surface area contributed by atoms with Crippen LogP contribution in [0.4, 0.5) is 16.2 Å². The number of hydrogen-bond acceptors (Lipinski definition) is 6. The minimum Gasteiger partial charge on any atom is -0.366 e. The summed E-state index contributed by atoms with van der Waals surface area (Å²) in [7, 11) is 3.49. The van der Waals surface area contributed by atoms with Crippen LogP contribution >= 0.6 is 0 Å². The fraction of sp³-hybridized carbons (Fsp3) is 0.471. The van der Waals surface area contributed by atoms with Gasteiger partial charge in [-0.15, -0.1) is 0 Å². The van der Waals surface area contributed by atoms with E-state index in [2.05, 4.69) is 55.5 Å². The third-order valence-corrected chi connectivity index (χ3v) is 8.45. The van der Waals surface area contributed by atoms with Crippen molar-refractivity contribution in [2.24, 2.45) is 0 Å². The number of hydrogen-bond donors (Lipinski definition) is 3. The number of rotatable bonds is 7. The Morgan fingerprint density at radius 1 is 0.956 bits per heavy atom. The Labute approximate surface area is 265 Å². The SMILES string of the molecule is CC(C)n1nc(C(=O)NCc2ccc(NC(=O)N3C[C@@H](C)N[C@@H](C)C3)cc2)c2c1[C@@H](C)CN(c1ccc(C(=O)N(C)C)cc1)C2. The lowest BCUT2D eigenvalue weighted by atomic mass is 9.95. The minimum absolute atomic E-state index is 0.0352. The van der Waals surface area contributed by atoms with Gasteiger partial charge in [0.2, 0.25) is 0 Å². The van der Waals surface area contributed by atoms with E-state index in [1.54, 1.807) is 19.0 Å². The molecule has 3 heterocycles. The van der Waals surface area contributed by atoms with E-state index in [1.807, 2.05) is 58.1 Å². The van der Waals surface area contributed by atoms with E-state index >= 15 is 0 Å². The topological polar surface area (TPSA) is 115 Å². The second-order valence-corrected chi connectivity index (χ2v) is 13.0. The van der Waals surface area contributed by atoms with E-state index in [-0.39, 0.29) is 41.9 Å². The maximum atomic E-state index is 13.6. The van der Waals surface area contributed by atoms with Gasteiger partial charge < -0.3 is 30.7 Å². The molecule has 2 aliphatic rings. The van der Waals surface area contributed by atoms with Crippen LogP contribution in [0.25, 0.3) is 0 Å². The van der Waals surface area contributed by atoms with Gasteiger partial charge >= 0.3 is 6.03 Å². The molecule has 1 fully saturated rings. The largest absolute Gasteiger partial charge is 0.366 e. The summed E-state index contributed by atoms with van der Waals surface area (Å²) in [4.78, 5) is 44.4. The first-order valence-electron chi connectivity index (χ1n) is 15.8. The molecular formula is C34H46N8O3. The van der Waals surface area contributed by atoms with Crippen LogP contribution in [0.5, 0.6) is 0 Å². The van der Waals surface area contributed by atoms with Gasteiger partial charge in [0, 0.05) is 99.1 Å². The number of carbonyl (C=O) groups excluding carboxylic acids is 3. The molecule has 0 bridgehead atoms. The molecule has 11 nitrogen and oxygen atoms in total. The molecule has 3 aromatic rings. The van der Waals surface area contributed by atoms with E-state index in [1.165, 1.54) is 0 Å². The molecule has 11 heteroatoms.